The fourth-order valence-corrected chi connectivity index (χ4v) is 5.07. The molecule has 0 bridgehead atoms. The van der Waals surface area contributed by atoms with Crippen LogP contribution in [0.4, 0.5) is 11.4 Å². The molecule has 11 nitrogen and oxygen atoms in total. The molecule has 0 saturated carbocycles. The largest absolute Gasteiger partial charge is 0.492 e. The number of hydrogen-bond donors (Lipinski definition) is 2. The molecule has 0 aliphatic carbocycles. The molecule has 1 amide bonds. The minimum atomic E-state index is -0.350. The third-order valence-electron chi connectivity index (χ3n) is 6.25. The molecule has 0 atom stereocenters. The predicted molar refractivity (Wildman–Crippen MR) is 146 cm³/mol. The Balaban J connectivity index is 1.38. The molecule has 5 rings (SSSR count). The Hall–Kier alpha value is -3.74. The molecule has 1 aliphatic rings. The second-order valence-corrected chi connectivity index (χ2v) is 9.92. The number of hydrogen-bond acceptors (Lipinski definition) is 9. The number of ether oxygens (including phenoxy) is 1. The van der Waals surface area contributed by atoms with Gasteiger partial charge < -0.3 is 25.2 Å². The number of carbonyl (C=O) groups excluding carboxylic acids is 1. The van der Waals surface area contributed by atoms with Gasteiger partial charge in [-0.05, 0) is 32.3 Å². The van der Waals surface area contributed by atoms with Crippen molar-refractivity contribution < 1.29 is 9.53 Å². The first kappa shape index (κ1) is 24.9. The van der Waals surface area contributed by atoms with E-state index < -0.39 is 0 Å². The van der Waals surface area contributed by atoms with Crippen LogP contribution in [0, 0.1) is 0 Å². The van der Waals surface area contributed by atoms with Gasteiger partial charge in [-0.15, -0.1) is 11.3 Å². The van der Waals surface area contributed by atoms with E-state index in [0.717, 1.165) is 43.9 Å². The summed E-state index contributed by atoms with van der Waals surface area (Å²) in [6, 6.07) is 7.44. The van der Waals surface area contributed by atoms with Crippen molar-refractivity contribution in [2.24, 2.45) is 7.05 Å². The SMILES string of the molecule is CN(C)CCOc1ccc2c(c1)n(C)c(=O)n2-c1nc(C(=O)Nc2cnccc2N2CCNCC2)cs1. The van der Waals surface area contributed by atoms with E-state index in [1.54, 1.807) is 29.4 Å². The highest BCUT2D eigenvalue weighted by Crippen LogP contribution is 2.27. The summed E-state index contributed by atoms with van der Waals surface area (Å²) in [7, 11) is 5.69. The molecule has 1 saturated heterocycles. The Bertz CT molecular complexity index is 1470. The van der Waals surface area contributed by atoms with Gasteiger partial charge in [-0.3, -0.25) is 14.3 Å². The number of nitrogens with one attached hydrogen (secondary N) is 2. The lowest BCUT2D eigenvalue weighted by molar-refractivity contribution is 0.102. The molecule has 2 N–H and O–H groups in total. The van der Waals surface area contributed by atoms with Gasteiger partial charge in [0.15, 0.2) is 5.13 Å². The van der Waals surface area contributed by atoms with Crippen LogP contribution in [-0.4, -0.2) is 83.3 Å². The van der Waals surface area contributed by atoms with Crippen LogP contribution in [0.25, 0.3) is 16.2 Å². The first-order valence-electron chi connectivity index (χ1n) is 12.1. The molecule has 0 radical (unpaired) electrons. The smallest absolute Gasteiger partial charge is 0.335 e. The Kier molecular flexibility index (Phi) is 7.22. The standard InChI is InChI=1S/C25H30N8O3S/c1-30(2)12-13-36-17-4-5-21-22(14-17)31(3)25(35)33(21)24-29-19(16-37-24)23(34)28-18-15-27-7-6-20(18)32-10-8-26-9-11-32/h4-7,14-16,26H,8-13H2,1-3H3,(H,28,34). The van der Waals surface area contributed by atoms with Gasteiger partial charge in [-0.2, -0.15) is 0 Å². The fourth-order valence-electron chi connectivity index (χ4n) is 4.26. The van der Waals surface area contributed by atoms with E-state index in [9.17, 15) is 9.59 Å². The van der Waals surface area contributed by atoms with Crippen molar-refractivity contribution in [2.45, 2.75) is 0 Å². The summed E-state index contributed by atoms with van der Waals surface area (Å²) in [6.45, 7) is 4.80. The minimum absolute atomic E-state index is 0.239. The van der Waals surface area contributed by atoms with Gasteiger partial charge in [0.1, 0.15) is 18.1 Å². The fraction of sp³-hybridized carbons (Fsp3) is 0.360. The lowest BCUT2D eigenvalue weighted by Gasteiger charge is -2.30. The number of amides is 1. The second kappa shape index (κ2) is 10.7. The number of fused-ring (bicyclic) bond motifs is 1. The van der Waals surface area contributed by atoms with Crippen LogP contribution in [-0.2, 0) is 7.05 Å². The highest BCUT2D eigenvalue weighted by atomic mass is 32.1. The number of likely N-dealkylation sites (N-methyl/N-ethyl adjacent to an activating group) is 1. The number of rotatable bonds is 8. The molecule has 4 aromatic rings. The molecule has 0 spiro atoms. The van der Waals surface area contributed by atoms with Gasteiger partial charge in [0, 0.05) is 57.4 Å². The molecular weight excluding hydrogens is 492 g/mol. The monoisotopic (exact) mass is 522 g/mol. The first-order chi connectivity index (χ1) is 17.9. The molecule has 3 aromatic heterocycles. The summed E-state index contributed by atoms with van der Waals surface area (Å²) < 4.78 is 8.92. The van der Waals surface area contributed by atoms with Gasteiger partial charge in [-0.25, -0.2) is 14.3 Å². The number of carbonyl (C=O) groups is 1. The van der Waals surface area contributed by atoms with Crippen molar-refractivity contribution in [2.75, 3.05) is 63.6 Å². The summed E-state index contributed by atoms with van der Waals surface area (Å²) in [5.74, 6) is 0.342. The van der Waals surface area contributed by atoms with Crippen LogP contribution in [0.2, 0.25) is 0 Å². The number of aryl methyl sites for hydroxylation is 1. The third kappa shape index (κ3) is 5.22. The Morgan fingerprint density at radius 3 is 2.81 bits per heavy atom. The van der Waals surface area contributed by atoms with Crippen molar-refractivity contribution in [3.05, 3.63) is 58.2 Å². The number of thiazole rings is 1. The number of benzene rings is 1. The van der Waals surface area contributed by atoms with E-state index in [4.69, 9.17) is 4.74 Å². The maximum Gasteiger partial charge on any atom is 0.335 e. The van der Waals surface area contributed by atoms with Crippen molar-refractivity contribution >= 4 is 39.7 Å². The molecule has 37 heavy (non-hydrogen) atoms. The molecule has 4 heterocycles. The molecule has 1 aliphatic heterocycles. The van der Waals surface area contributed by atoms with Crippen LogP contribution in [0.3, 0.4) is 0 Å². The van der Waals surface area contributed by atoms with Gasteiger partial charge >= 0.3 is 5.69 Å². The van der Waals surface area contributed by atoms with Crippen LogP contribution < -0.4 is 26.0 Å². The zero-order valence-corrected chi connectivity index (χ0v) is 21.9. The van der Waals surface area contributed by atoms with Crippen molar-refractivity contribution in [3.8, 4) is 10.9 Å². The summed E-state index contributed by atoms with van der Waals surface area (Å²) in [5, 5.41) is 8.37. The average molecular weight is 523 g/mol. The quantitative estimate of drug-likeness (QED) is 0.361. The Morgan fingerprint density at radius 1 is 1.22 bits per heavy atom. The van der Waals surface area contributed by atoms with E-state index in [2.05, 4.69) is 25.5 Å². The zero-order valence-electron chi connectivity index (χ0n) is 21.1. The number of piperazine rings is 1. The molecular formula is C25H30N8O3S. The van der Waals surface area contributed by atoms with Crippen LogP contribution >= 0.6 is 11.3 Å². The minimum Gasteiger partial charge on any atom is -0.492 e. The van der Waals surface area contributed by atoms with Crippen LogP contribution in [0.15, 0.2) is 46.8 Å². The normalized spacial score (nSPS) is 13.9. The lowest BCUT2D eigenvalue weighted by Crippen LogP contribution is -2.43. The summed E-state index contributed by atoms with van der Waals surface area (Å²) >= 11 is 1.24. The van der Waals surface area contributed by atoms with Gasteiger partial charge in [0.05, 0.1) is 28.6 Å². The number of aromatic nitrogens is 4. The molecule has 12 heteroatoms. The number of anilines is 2. The van der Waals surface area contributed by atoms with Gasteiger partial charge in [-0.1, -0.05) is 0 Å². The lowest BCUT2D eigenvalue weighted by atomic mass is 10.2. The van der Waals surface area contributed by atoms with Gasteiger partial charge in [0.25, 0.3) is 5.91 Å². The van der Waals surface area contributed by atoms with E-state index in [0.29, 0.717) is 28.7 Å². The first-order valence-corrected chi connectivity index (χ1v) is 13.0. The van der Waals surface area contributed by atoms with E-state index in [-0.39, 0.29) is 17.3 Å². The van der Waals surface area contributed by atoms with Crippen LogP contribution in [0.5, 0.6) is 5.75 Å². The Morgan fingerprint density at radius 2 is 2.03 bits per heavy atom. The maximum absolute atomic E-state index is 13.1. The van der Waals surface area contributed by atoms with Gasteiger partial charge in [0.2, 0.25) is 0 Å². The molecule has 0 unspecified atom stereocenters. The van der Waals surface area contributed by atoms with Crippen molar-refractivity contribution in [1.82, 2.24) is 29.3 Å². The highest BCUT2D eigenvalue weighted by molar-refractivity contribution is 7.12. The number of nitrogens with zero attached hydrogens (tertiary/aromatic N) is 6. The van der Waals surface area contributed by atoms with Crippen molar-refractivity contribution in [3.63, 3.8) is 0 Å². The number of pyridine rings is 1. The predicted octanol–water partition coefficient (Wildman–Crippen LogP) is 1.78. The zero-order chi connectivity index (χ0) is 25.9. The summed E-state index contributed by atoms with van der Waals surface area (Å²) in [6.07, 6.45) is 3.37. The molecule has 1 fully saturated rings. The maximum atomic E-state index is 13.1. The summed E-state index contributed by atoms with van der Waals surface area (Å²) in [4.78, 5) is 39.2. The third-order valence-corrected chi connectivity index (χ3v) is 7.08. The topological polar surface area (TPSA) is 110 Å². The number of imidazole rings is 1. The van der Waals surface area contributed by atoms with E-state index >= 15 is 0 Å². The second-order valence-electron chi connectivity index (χ2n) is 9.08. The highest BCUT2D eigenvalue weighted by Gasteiger charge is 2.20. The van der Waals surface area contributed by atoms with E-state index in [1.807, 2.05) is 43.3 Å². The molecule has 1 aromatic carbocycles. The summed E-state index contributed by atoms with van der Waals surface area (Å²) in [5.41, 5.74) is 2.98. The average Bonchev–Trinajstić information content (AvgIpc) is 3.48. The van der Waals surface area contributed by atoms with Crippen LogP contribution in [0.1, 0.15) is 10.5 Å². The van der Waals surface area contributed by atoms with Crippen molar-refractivity contribution in [1.29, 1.82) is 0 Å². The van der Waals surface area contributed by atoms with E-state index in [1.165, 1.54) is 15.9 Å². The molecule has 194 valence electrons. The Labute approximate surface area is 218 Å².